The Kier molecular flexibility index (Phi) is 6.41. The molecule has 35 heavy (non-hydrogen) atoms. The van der Waals surface area contributed by atoms with Crippen LogP contribution in [-0.4, -0.2) is 51.5 Å². The van der Waals surface area contributed by atoms with E-state index in [1.165, 1.54) is 7.11 Å². The average molecular weight is 478 g/mol. The summed E-state index contributed by atoms with van der Waals surface area (Å²) in [7, 11) is 3.09. The molecule has 4 N–H and O–H groups in total. The molecular weight excluding hydrogens is 450 g/mol. The minimum absolute atomic E-state index is 0.0220. The smallest absolute Gasteiger partial charge is 0.325 e. The summed E-state index contributed by atoms with van der Waals surface area (Å²) in [5.74, 6) is 1.11. The predicted octanol–water partition coefficient (Wildman–Crippen LogP) is 2.58. The molecule has 0 saturated carbocycles. The van der Waals surface area contributed by atoms with Crippen molar-refractivity contribution in [2.45, 2.75) is 32.4 Å². The van der Waals surface area contributed by atoms with Crippen LogP contribution >= 0.6 is 0 Å². The molecule has 2 aromatic carbocycles. The van der Waals surface area contributed by atoms with Gasteiger partial charge in [0.2, 0.25) is 11.9 Å². The zero-order chi connectivity index (χ0) is 25.2. The minimum Gasteiger partial charge on any atom is -0.493 e. The lowest BCUT2D eigenvalue weighted by Gasteiger charge is -2.22. The molecule has 0 radical (unpaired) electrons. The Hall–Kier alpha value is -4.41. The molecule has 0 aliphatic carbocycles. The van der Waals surface area contributed by atoms with Gasteiger partial charge in [0.05, 0.1) is 20.8 Å². The number of amides is 3. The van der Waals surface area contributed by atoms with Crippen LogP contribution in [0.15, 0.2) is 42.5 Å². The van der Waals surface area contributed by atoms with Crippen LogP contribution in [0.4, 0.5) is 22.4 Å². The molecule has 1 atom stereocenters. The first kappa shape index (κ1) is 23.7. The van der Waals surface area contributed by atoms with Crippen LogP contribution in [0.3, 0.4) is 0 Å². The molecule has 0 spiro atoms. The first-order valence-electron chi connectivity index (χ1n) is 10.9. The molecule has 1 aliphatic rings. The quantitative estimate of drug-likeness (QED) is 0.417. The van der Waals surface area contributed by atoms with Crippen LogP contribution < -0.4 is 25.8 Å². The number of rotatable bonds is 8. The first-order valence-corrected chi connectivity index (χ1v) is 10.9. The molecule has 0 unspecified atom stereocenters. The number of carbonyl (C=O) groups excluding carboxylic acids is 2. The van der Waals surface area contributed by atoms with E-state index in [4.69, 9.17) is 15.2 Å². The van der Waals surface area contributed by atoms with E-state index >= 15 is 0 Å². The van der Waals surface area contributed by atoms with Crippen molar-refractivity contribution in [2.24, 2.45) is 0 Å². The Morgan fingerprint density at radius 3 is 2.51 bits per heavy atom. The molecular formula is C24H27N7O4. The lowest BCUT2D eigenvalue weighted by Crippen LogP contribution is -2.46. The molecule has 1 fully saturated rings. The number of aryl methyl sites for hydroxylation is 1. The second-order valence-electron chi connectivity index (χ2n) is 8.39. The van der Waals surface area contributed by atoms with Gasteiger partial charge in [0, 0.05) is 12.1 Å². The molecule has 2 heterocycles. The van der Waals surface area contributed by atoms with Gasteiger partial charge in [-0.3, -0.25) is 9.69 Å². The third kappa shape index (κ3) is 4.93. The highest BCUT2D eigenvalue weighted by Gasteiger charge is 2.48. The van der Waals surface area contributed by atoms with Gasteiger partial charge in [-0.1, -0.05) is 24.3 Å². The normalized spacial score (nSPS) is 17.3. The number of hydrogen-bond donors (Lipinski definition) is 3. The van der Waals surface area contributed by atoms with Gasteiger partial charge >= 0.3 is 6.03 Å². The van der Waals surface area contributed by atoms with Crippen molar-refractivity contribution in [3.05, 3.63) is 59.4 Å². The van der Waals surface area contributed by atoms with E-state index in [1.54, 1.807) is 26.2 Å². The summed E-state index contributed by atoms with van der Waals surface area (Å²) >= 11 is 0. The van der Waals surface area contributed by atoms with Gasteiger partial charge in [0.1, 0.15) is 5.54 Å². The first-order chi connectivity index (χ1) is 16.7. The van der Waals surface area contributed by atoms with Crippen molar-refractivity contribution >= 4 is 29.5 Å². The SMILES string of the molecule is COc1ccc(C[C@]2(C)NC(=O)N(Cc3nc(N)nc(Nc4ccccc4C)n3)C2=O)cc1OC. The topological polar surface area (TPSA) is 145 Å². The highest BCUT2D eigenvalue weighted by atomic mass is 16.5. The Morgan fingerprint density at radius 1 is 1.06 bits per heavy atom. The van der Waals surface area contributed by atoms with E-state index in [-0.39, 0.29) is 30.7 Å². The van der Waals surface area contributed by atoms with E-state index in [1.807, 2.05) is 37.3 Å². The lowest BCUT2D eigenvalue weighted by molar-refractivity contribution is -0.131. The van der Waals surface area contributed by atoms with Crippen molar-refractivity contribution in [3.63, 3.8) is 0 Å². The van der Waals surface area contributed by atoms with Crippen molar-refractivity contribution in [3.8, 4) is 11.5 Å². The number of aromatic nitrogens is 3. The van der Waals surface area contributed by atoms with E-state index in [9.17, 15) is 9.59 Å². The van der Waals surface area contributed by atoms with Gasteiger partial charge in [0.25, 0.3) is 5.91 Å². The maximum absolute atomic E-state index is 13.3. The molecule has 1 aromatic heterocycles. The molecule has 3 amide bonds. The van der Waals surface area contributed by atoms with Crippen molar-refractivity contribution in [1.29, 1.82) is 0 Å². The van der Waals surface area contributed by atoms with Crippen LogP contribution in [0.1, 0.15) is 23.9 Å². The molecule has 182 valence electrons. The molecule has 3 aromatic rings. The Morgan fingerprint density at radius 2 is 1.80 bits per heavy atom. The summed E-state index contributed by atoms with van der Waals surface area (Å²) in [6.45, 7) is 3.47. The Bertz CT molecular complexity index is 1280. The second-order valence-corrected chi connectivity index (χ2v) is 8.39. The van der Waals surface area contributed by atoms with E-state index < -0.39 is 17.5 Å². The number of urea groups is 1. The Balaban J connectivity index is 1.53. The fourth-order valence-corrected chi connectivity index (χ4v) is 3.95. The monoisotopic (exact) mass is 477 g/mol. The molecule has 0 bridgehead atoms. The fourth-order valence-electron chi connectivity index (χ4n) is 3.95. The number of anilines is 3. The van der Waals surface area contributed by atoms with E-state index in [2.05, 4.69) is 25.6 Å². The molecule has 4 rings (SSSR count). The van der Waals surface area contributed by atoms with Crippen molar-refractivity contribution < 1.29 is 19.1 Å². The van der Waals surface area contributed by atoms with Gasteiger partial charge in [-0.25, -0.2) is 4.79 Å². The number of benzene rings is 2. The zero-order valence-corrected chi connectivity index (χ0v) is 20.0. The fraction of sp³-hybridized carbons (Fsp3) is 0.292. The van der Waals surface area contributed by atoms with E-state index in [0.29, 0.717) is 11.5 Å². The maximum atomic E-state index is 13.3. The number of nitrogens with one attached hydrogen (secondary N) is 2. The number of para-hydroxylation sites is 1. The number of methoxy groups -OCH3 is 2. The number of nitrogens with zero attached hydrogens (tertiary/aromatic N) is 4. The summed E-state index contributed by atoms with van der Waals surface area (Å²) in [6, 6.07) is 12.5. The van der Waals surface area contributed by atoms with Crippen molar-refractivity contribution in [2.75, 3.05) is 25.3 Å². The summed E-state index contributed by atoms with van der Waals surface area (Å²) in [6.07, 6.45) is 0.258. The van der Waals surface area contributed by atoms with Crippen molar-refractivity contribution in [1.82, 2.24) is 25.2 Å². The summed E-state index contributed by atoms with van der Waals surface area (Å²) in [5, 5.41) is 5.89. The summed E-state index contributed by atoms with van der Waals surface area (Å²) in [4.78, 5) is 39.7. The number of ether oxygens (including phenoxy) is 2. The number of nitrogen functional groups attached to an aromatic ring is 1. The second kappa shape index (κ2) is 9.45. The van der Waals surface area contributed by atoms with Crippen LogP contribution in [-0.2, 0) is 17.8 Å². The molecule has 1 aliphatic heterocycles. The lowest BCUT2D eigenvalue weighted by atomic mass is 9.92. The van der Waals surface area contributed by atoms with Gasteiger partial charge in [-0.15, -0.1) is 0 Å². The third-order valence-corrected chi connectivity index (χ3v) is 5.74. The Labute approximate surface area is 202 Å². The van der Waals surface area contributed by atoms with Crippen LogP contribution in [0.25, 0.3) is 0 Å². The highest BCUT2D eigenvalue weighted by Crippen LogP contribution is 2.31. The zero-order valence-electron chi connectivity index (χ0n) is 20.0. The molecule has 1 saturated heterocycles. The van der Waals surface area contributed by atoms with E-state index in [0.717, 1.165) is 21.7 Å². The molecule has 11 heteroatoms. The van der Waals surface area contributed by atoms with Gasteiger partial charge in [-0.2, -0.15) is 15.0 Å². The number of carbonyl (C=O) groups is 2. The number of imide groups is 1. The molecule has 11 nitrogen and oxygen atoms in total. The van der Waals surface area contributed by atoms with Gasteiger partial charge in [0.15, 0.2) is 17.3 Å². The largest absolute Gasteiger partial charge is 0.493 e. The van der Waals surface area contributed by atoms with Crippen LogP contribution in [0, 0.1) is 6.92 Å². The van der Waals surface area contributed by atoms with Crippen LogP contribution in [0.2, 0.25) is 0 Å². The maximum Gasteiger partial charge on any atom is 0.325 e. The highest BCUT2D eigenvalue weighted by molar-refractivity contribution is 6.06. The predicted molar refractivity (Wildman–Crippen MR) is 129 cm³/mol. The minimum atomic E-state index is -1.16. The third-order valence-electron chi connectivity index (χ3n) is 5.74. The average Bonchev–Trinajstić information content (AvgIpc) is 3.02. The number of hydrogen-bond acceptors (Lipinski definition) is 9. The van der Waals surface area contributed by atoms with Gasteiger partial charge in [-0.05, 0) is 43.2 Å². The standard InChI is InChI=1S/C24H27N7O4/c1-14-7-5-6-8-16(14)26-22-28-19(27-21(25)29-22)13-31-20(32)24(2,30-23(31)33)12-15-9-10-17(34-3)18(11-15)35-4/h5-11H,12-13H2,1-4H3,(H,30,33)(H3,25,26,27,28,29)/t24-/m0/s1. The van der Waals surface area contributed by atoms with Gasteiger partial charge < -0.3 is 25.8 Å². The number of nitrogens with two attached hydrogens (primary N) is 1. The summed E-state index contributed by atoms with van der Waals surface area (Å²) < 4.78 is 10.6. The van der Waals surface area contributed by atoms with Crippen LogP contribution in [0.5, 0.6) is 11.5 Å². The summed E-state index contributed by atoms with van der Waals surface area (Å²) in [5.41, 5.74) is 7.32.